The Balaban J connectivity index is 2.48. The van der Waals surface area contributed by atoms with Crippen molar-refractivity contribution in [3.05, 3.63) is 0 Å². The molecule has 1 fully saturated rings. The van der Waals surface area contributed by atoms with E-state index in [1.165, 1.54) is 0 Å². The minimum atomic E-state index is -0.239. The number of hydrogen-bond donors (Lipinski definition) is 2. The van der Waals surface area contributed by atoms with E-state index in [4.69, 9.17) is 4.74 Å². The molecule has 0 aromatic rings. The molecule has 1 N–H and O–H groups in total. The maximum Gasteiger partial charge on any atom is 0.233 e. The largest absolute Gasteiger partial charge is 0.373 e. The van der Waals surface area contributed by atoms with Crippen molar-refractivity contribution in [1.29, 1.82) is 0 Å². The average molecular weight is 217 g/mol. The second-order valence-corrected chi connectivity index (χ2v) is 4.85. The molecule has 2 atom stereocenters. The van der Waals surface area contributed by atoms with Crippen LogP contribution in [0.25, 0.3) is 0 Å². The molecule has 3 nitrogen and oxygen atoms in total. The van der Waals surface area contributed by atoms with Crippen LogP contribution >= 0.6 is 12.6 Å². The minimum absolute atomic E-state index is 0.0133. The van der Waals surface area contributed by atoms with Gasteiger partial charge in [-0.2, -0.15) is 12.6 Å². The molecule has 1 amide bonds. The van der Waals surface area contributed by atoms with E-state index in [1.54, 1.807) is 0 Å². The van der Waals surface area contributed by atoms with Crippen molar-refractivity contribution < 1.29 is 9.53 Å². The van der Waals surface area contributed by atoms with E-state index in [1.807, 2.05) is 20.8 Å². The Bertz CT molecular complexity index is 218. The van der Waals surface area contributed by atoms with Crippen molar-refractivity contribution in [2.75, 3.05) is 6.61 Å². The molecule has 1 rings (SSSR count). The van der Waals surface area contributed by atoms with Crippen molar-refractivity contribution in [2.45, 2.75) is 50.5 Å². The Kier molecular flexibility index (Phi) is 3.84. The second kappa shape index (κ2) is 4.53. The molecule has 0 radical (unpaired) electrons. The summed E-state index contributed by atoms with van der Waals surface area (Å²) in [5.74, 6) is 0.0133. The Morgan fingerprint density at radius 2 is 2.36 bits per heavy atom. The van der Waals surface area contributed by atoms with Gasteiger partial charge >= 0.3 is 0 Å². The van der Waals surface area contributed by atoms with Gasteiger partial charge in [-0.25, -0.2) is 0 Å². The predicted molar refractivity (Wildman–Crippen MR) is 59.6 cm³/mol. The minimum Gasteiger partial charge on any atom is -0.373 e. The molecule has 82 valence electrons. The zero-order valence-corrected chi connectivity index (χ0v) is 9.93. The van der Waals surface area contributed by atoms with Crippen molar-refractivity contribution >= 4 is 18.5 Å². The second-order valence-electron chi connectivity index (χ2n) is 4.23. The molecule has 1 aliphatic heterocycles. The topological polar surface area (TPSA) is 38.3 Å². The van der Waals surface area contributed by atoms with E-state index in [9.17, 15) is 4.79 Å². The molecule has 1 heterocycles. The van der Waals surface area contributed by atoms with Gasteiger partial charge in [-0.05, 0) is 26.7 Å². The fourth-order valence-electron chi connectivity index (χ4n) is 1.59. The molecule has 0 bridgehead atoms. The summed E-state index contributed by atoms with van der Waals surface area (Å²) in [6.45, 7) is 6.68. The Morgan fingerprint density at radius 1 is 1.71 bits per heavy atom. The lowest BCUT2D eigenvalue weighted by Gasteiger charge is -2.27. The monoisotopic (exact) mass is 217 g/mol. The molecular formula is C10H19NO2S. The lowest BCUT2D eigenvalue weighted by Crippen LogP contribution is -2.48. The van der Waals surface area contributed by atoms with Crippen molar-refractivity contribution in [1.82, 2.24) is 5.32 Å². The lowest BCUT2D eigenvalue weighted by atomic mass is 9.99. The van der Waals surface area contributed by atoms with Crippen LogP contribution in [0.15, 0.2) is 0 Å². The quantitative estimate of drug-likeness (QED) is 0.701. The summed E-state index contributed by atoms with van der Waals surface area (Å²) in [5, 5.41) is 2.78. The highest BCUT2D eigenvalue weighted by Crippen LogP contribution is 2.25. The highest BCUT2D eigenvalue weighted by atomic mass is 32.1. The molecule has 0 aromatic carbocycles. The van der Waals surface area contributed by atoms with Gasteiger partial charge in [-0.1, -0.05) is 6.92 Å². The van der Waals surface area contributed by atoms with Crippen LogP contribution in [0.5, 0.6) is 0 Å². The number of nitrogens with one attached hydrogen (secondary N) is 1. The van der Waals surface area contributed by atoms with E-state index < -0.39 is 0 Å². The highest BCUT2D eigenvalue weighted by Gasteiger charge is 2.37. The first-order chi connectivity index (χ1) is 6.47. The molecule has 0 saturated carbocycles. The van der Waals surface area contributed by atoms with Crippen molar-refractivity contribution in [3.63, 3.8) is 0 Å². The number of carbonyl (C=O) groups excluding carboxylic acids is 1. The highest BCUT2D eigenvalue weighted by molar-refractivity contribution is 7.81. The van der Waals surface area contributed by atoms with Gasteiger partial charge in [0.05, 0.1) is 16.9 Å². The Hall–Kier alpha value is -0.220. The van der Waals surface area contributed by atoms with Gasteiger partial charge in [0.25, 0.3) is 0 Å². The number of carbonyl (C=O) groups is 1. The lowest BCUT2D eigenvalue weighted by molar-refractivity contribution is -0.122. The van der Waals surface area contributed by atoms with E-state index in [0.717, 1.165) is 19.4 Å². The number of amides is 1. The molecule has 14 heavy (non-hydrogen) atoms. The fourth-order valence-corrected chi connectivity index (χ4v) is 1.66. The SMILES string of the molecule is CCC(S)C(=O)NC1CCOC1(C)C. The first-order valence-electron chi connectivity index (χ1n) is 5.09. The molecular weight excluding hydrogens is 198 g/mol. The molecule has 0 aliphatic carbocycles. The van der Waals surface area contributed by atoms with Gasteiger partial charge < -0.3 is 10.1 Å². The van der Waals surface area contributed by atoms with Crippen LogP contribution in [0.1, 0.15) is 33.6 Å². The number of hydrogen-bond acceptors (Lipinski definition) is 3. The van der Waals surface area contributed by atoms with Crippen molar-refractivity contribution in [2.24, 2.45) is 0 Å². The normalized spacial score (nSPS) is 27.3. The summed E-state index contributed by atoms with van der Waals surface area (Å²) < 4.78 is 5.53. The van der Waals surface area contributed by atoms with Gasteiger partial charge in [0.15, 0.2) is 0 Å². The number of thiol groups is 1. The third-order valence-corrected chi connectivity index (χ3v) is 3.33. The maximum absolute atomic E-state index is 11.6. The zero-order valence-electron chi connectivity index (χ0n) is 9.04. The molecule has 4 heteroatoms. The summed E-state index contributed by atoms with van der Waals surface area (Å²) >= 11 is 4.20. The van der Waals surface area contributed by atoms with Gasteiger partial charge in [-0.3, -0.25) is 4.79 Å². The third-order valence-electron chi connectivity index (χ3n) is 2.73. The molecule has 2 unspecified atom stereocenters. The predicted octanol–water partition coefficient (Wildman–Crippen LogP) is 1.38. The number of rotatable bonds is 3. The third kappa shape index (κ3) is 2.64. The van der Waals surface area contributed by atoms with Crippen LogP contribution in [0.3, 0.4) is 0 Å². The van der Waals surface area contributed by atoms with Crippen LogP contribution in [-0.2, 0) is 9.53 Å². The Labute approximate surface area is 91.0 Å². The molecule has 0 aromatic heterocycles. The summed E-state index contributed by atoms with van der Waals surface area (Å²) in [6, 6.07) is 0.121. The molecule has 1 aliphatic rings. The maximum atomic E-state index is 11.6. The molecule has 1 saturated heterocycles. The first kappa shape index (κ1) is 11.9. The van der Waals surface area contributed by atoms with Crippen LogP contribution in [-0.4, -0.2) is 29.4 Å². The van der Waals surface area contributed by atoms with Crippen molar-refractivity contribution in [3.8, 4) is 0 Å². The summed E-state index contributed by atoms with van der Waals surface area (Å²) in [6.07, 6.45) is 1.64. The first-order valence-corrected chi connectivity index (χ1v) is 5.61. The van der Waals surface area contributed by atoms with E-state index >= 15 is 0 Å². The van der Waals surface area contributed by atoms with Gasteiger partial charge in [0.1, 0.15) is 0 Å². The van der Waals surface area contributed by atoms with Gasteiger partial charge in [-0.15, -0.1) is 0 Å². The smallest absolute Gasteiger partial charge is 0.233 e. The average Bonchev–Trinajstić information content (AvgIpc) is 2.44. The van der Waals surface area contributed by atoms with Crippen LogP contribution in [0, 0.1) is 0 Å². The van der Waals surface area contributed by atoms with Crippen LogP contribution in [0.4, 0.5) is 0 Å². The fraction of sp³-hybridized carbons (Fsp3) is 0.900. The van der Waals surface area contributed by atoms with Gasteiger partial charge in [0.2, 0.25) is 5.91 Å². The summed E-state index contributed by atoms with van der Waals surface area (Å²) in [7, 11) is 0. The van der Waals surface area contributed by atoms with E-state index in [2.05, 4.69) is 17.9 Å². The summed E-state index contributed by atoms with van der Waals surface area (Å²) in [5.41, 5.74) is -0.239. The Morgan fingerprint density at radius 3 is 2.79 bits per heavy atom. The zero-order chi connectivity index (χ0) is 10.8. The van der Waals surface area contributed by atoms with E-state index in [0.29, 0.717) is 0 Å². The number of ether oxygens (including phenoxy) is 1. The van der Waals surface area contributed by atoms with E-state index in [-0.39, 0.29) is 22.8 Å². The van der Waals surface area contributed by atoms with Crippen LogP contribution < -0.4 is 5.32 Å². The summed E-state index contributed by atoms with van der Waals surface area (Å²) in [4.78, 5) is 11.6. The molecule has 0 spiro atoms. The van der Waals surface area contributed by atoms with Crippen LogP contribution in [0.2, 0.25) is 0 Å². The van der Waals surface area contributed by atoms with Gasteiger partial charge in [0, 0.05) is 6.61 Å². The standard InChI is InChI=1S/C10H19NO2S/c1-4-7(14)9(12)11-8-5-6-13-10(8,2)3/h7-8,14H,4-6H2,1-3H3,(H,11,12).